The summed E-state index contributed by atoms with van der Waals surface area (Å²) in [5, 5.41) is 1.84. The van der Waals surface area contributed by atoms with Crippen LogP contribution in [0, 0.1) is 6.92 Å². The zero-order valence-electron chi connectivity index (χ0n) is 25.6. The molecule has 0 fully saturated rings. The molecule has 5 aromatic rings. The highest BCUT2D eigenvalue weighted by molar-refractivity contribution is 6.08. The van der Waals surface area contributed by atoms with E-state index in [2.05, 4.69) is 0 Å². The molecule has 6 rings (SSSR count). The third kappa shape index (κ3) is 5.61. The maximum atomic E-state index is 13.2. The Morgan fingerprint density at radius 2 is 1.82 bits per heavy atom. The van der Waals surface area contributed by atoms with E-state index in [1.807, 2.05) is 70.3 Å². The first kappa shape index (κ1) is 29.3. The van der Waals surface area contributed by atoms with E-state index >= 15 is 0 Å². The molecule has 3 heterocycles. The van der Waals surface area contributed by atoms with E-state index in [1.165, 1.54) is 5.56 Å². The van der Waals surface area contributed by atoms with Crippen LogP contribution in [0.4, 0.5) is 0 Å². The number of carbonyl (C=O) groups is 2. The maximum absolute atomic E-state index is 13.2. The number of benzene rings is 3. The van der Waals surface area contributed by atoms with Crippen molar-refractivity contribution < 1.29 is 23.8 Å². The molecule has 8 nitrogen and oxygen atoms in total. The topological polar surface area (TPSA) is 114 Å². The van der Waals surface area contributed by atoms with Gasteiger partial charge in [-0.3, -0.25) is 14.6 Å². The molecule has 0 unspecified atom stereocenters. The van der Waals surface area contributed by atoms with Gasteiger partial charge in [-0.15, -0.1) is 0 Å². The summed E-state index contributed by atoms with van der Waals surface area (Å²) in [5.74, 6) is 0.700. The van der Waals surface area contributed by atoms with Crippen LogP contribution in [0.2, 0.25) is 0 Å². The van der Waals surface area contributed by atoms with Gasteiger partial charge in [0.15, 0.2) is 5.78 Å². The largest absolute Gasteiger partial charge is 0.493 e. The molecule has 0 saturated carbocycles. The number of nitrogens with zero attached hydrogens (tertiary/aromatic N) is 2. The van der Waals surface area contributed by atoms with Gasteiger partial charge in [0.05, 0.1) is 23.2 Å². The average Bonchev–Trinajstić information content (AvgIpc) is 2.98. The fourth-order valence-electron chi connectivity index (χ4n) is 5.84. The molecule has 2 aromatic heterocycles. The highest BCUT2D eigenvalue weighted by Crippen LogP contribution is 2.45. The molecule has 0 aliphatic carbocycles. The van der Waals surface area contributed by atoms with Gasteiger partial charge in [-0.05, 0) is 105 Å². The van der Waals surface area contributed by atoms with Crippen LogP contribution in [0.25, 0.3) is 32.9 Å². The lowest BCUT2D eigenvalue weighted by molar-refractivity contribution is -0.138. The first-order chi connectivity index (χ1) is 21.0. The van der Waals surface area contributed by atoms with Gasteiger partial charge >= 0.3 is 0 Å². The van der Waals surface area contributed by atoms with Crippen molar-refractivity contribution in [2.45, 2.75) is 59.4 Å². The molecule has 8 heteroatoms. The lowest BCUT2D eigenvalue weighted by Crippen LogP contribution is -2.27. The Bertz CT molecular complexity index is 1920. The summed E-state index contributed by atoms with van der Waals surface area (Å²) in [6.45, 7) is 10.3. The highest BCUT2D eigenvalue weighted by atomic mass is 16.5. The van der Waals surface area contributed by atoms with Crippen molar-refractivity contribution in [2.75, 3.05) is 6.61 Å². The third-order valence-corrected chi connectivity index (χ3v) is 7.78. The standard InChI is InChI=1S/C36H35N3O5/c1-20-18-27-25(11-13-29(39-27)43-19-22-6-8-24(9-7-22)35(37)41)32(30(20)34(21(2)40)44-36(3,4)5)26-10-12-28-31-23(15-17-42-28)14-16-38-33(26)31/h6-14,16,18,34H,15,17,19H2,1-5H3,(H2,37,41)/t34-/m1/s1. The zero-order valence-corrected chi connectivity index (χ0v) is 25.6. The van der Waals surface area contributed by atoms with Crippen molar-refractivity contribution >= 4 is 33.5 Å². The highest BCUT2D eigenvalue weighted by Gasteiger charge is 2.31. The second-order valence-electron chi connectivity index (χ2n) is 12.2. The summed E-state index contributed by atoms with van der Waals surface area (Å²) in [6, 6.07) is 18.8. The summed E-state index contributed by atoms with van der Waals surface area (Å²) in [4.78, 5) is 34.4. The Hall–Kier alpha value is -4.82. The lowest BCUT2D eigenvalue weighted by atomic mass is 9.86. The molecule has 2 N–H and O–H groups in total. The quantitative estimate of drug-likeness (QED) is 0.211. The number of hydrogen-bond acceptors (Lipinski definition) is 7. The summed E-state index contributed by atoms with van der Waals surface area (Å²) in [5.41, 5.74) is 12.2. The minimum atomic E-state index is -0.796. The van der Waals surface area contributed by atoms with Crippen molar-refractivity contribution in [1.29, 1.82) is 0 Å². The number of fused-ring (bicyclic) bond motifs is 1. The Balaban J connectivity index is 1.52. The van der Waals surface area contributed by atoms with Crippen molar-refractivity contribution in [2.24, 2.45) is 5.73 Å². The SMILES string of the molecule is CC(=O)[C@@H](OC(C)(C)C)c1c(C)cc2nc(OCc3ccc(C(N)=O)cc3)ccc2c1-c1ccc2c3c(ccnc13)CCO2. The number of primary amides is 1. The number of carbonyl (C=O) groups excluding carboxylic acids is 2. The number of Topliss-reactive ketones (excluding diaryl/α,β-unsaturated/α-hetero) is 1. The Labute approximate surface area is 256 Å². The molecule has 1 amide bonds. The van der Waals surface area contributed by atoms with Crippen molar-refractivity contribution in [3.8, 4) is 22.8 Å². The van der Waals surface area contributed by atoms with Gasteiger partial charge in [0.2, 0.25) is 11.8 Å². The van der Waals surface area contributed by atoms with Crippen molar-refractivity contribution in [3.63, 3.8) is 0 Å². The summed E-state index contributed by atoms with van der Waals surface area (Å²) in [6.07, 6.45) is 1.84. The Morgan fingerprint density at radius 3 is 2.52 bits per heavy atom. The smallest absolute Gasteiger partial charge is 0.248 e. The predicted molar refractivity (Wildman–Crippen MR) is 170 cm³/mol. The summed E-state index contributed by atoms with van der Waals surface area (Å²) < 4.78 is 18.5. The van der Waals surface area contributed by atoms with Crippen LogP contribution in [0.1, 0.15) is 66.4 Å². The van der Waals surface area contributed by atoms with Crippen LogP contribution < -0.4 is 15.2 Å². The first-order valence-corrected chi connectivity index (χ1v) is 14.7. The maximum Gasteiger partial charge on any atom is 0.248 e. The van der Waals surface area contributed by atoms with Gasteiger partial charge < -0.3 is 19.9 Å². The number of amides is 1. The van der Waals surface area contributed by atoms with Crippen LogP contribution in [-0.2, 0) is 22.6 Å². The summed E-state index contributed by atoms with van der Waals surface area (Å²) in [7, 11) is 0. The van der Waals surface area contributed by atoms with E-state index in [-0.39, 0.29) is 12.4 Å². The van der Waals surface area contributed by atoms with Crippen molar-refractivity contribution in [1.82, 2.24) is 9.97 Å². The number of nitrogens with two attached hydrogens (primary N) is 1. The monoisotopic (exact) mass is 589 g/mol. The molecular formula is C36H35N3O5. The molecule has 1 atom stereocenters. The fraction of sp³-hybridized carbons (Fsp3) is 0.278. The molecular weight excluding hydrogens is 554 g/mol. The van der Waals surface area contributed by atoms with Gasteiger partial charge in [0, 0.05) is 40.6 Å². The molecule has 1 aliphatic rings. The number of rotatable bonds is 8. The van der Waals surface area contributed by atoms with Gasteiger partial charge in [-0.1, -0.05) is 12.1 Å². The Kier molecular flexibility index (Phi) is 7.55. The fourth-order valence-corrected chi connectivity index (χ4v) is 5.84. The zero-order chi connectivity index (χ0) is 31.2. The second-order valence-corrected chi connectivity index (χ2v) is 12.2. The number of aryl methyl sites for hydroxylation is 1. The molecule has 0 radical (unpaired) electrons. The van der Waals surface area contributed by atoms with E-state index in [1.54, 1.807) is 31.2 Å². The molecule has 44 heavy (non-hydrogen) atoms. The Morgan fingerprint density at radius 1 is 1.05 bits per heavy atom. The molecule has 224 valence electrons. The van der Waals surface area contributed by atoms with Crippen LogP contribution in [0.3, 0.4) is 0 Å². The third-order valence-electron chi connectivity index (χ3n) is 7.78. The number of aromatic nitrogens is 2. The number of ether oxygens (including phenoxy) is 3. The van der Waals surface area contributed by atoms with Crippen LogP contribution >= 0.6 is 0 Å². The van der Waals surface area contributed by atoms with E-state index in [0.29, 0.717) is 18.1 Å². The number of pyridine rings is 2. The average molecular weight is 590 g/mol. The first-order valence-electron chi connectivity index (χ1n) is 14.7. The van der Waals surface area contributed by atoms with Crippen molar-refractivity contribution in [3.05, 3.63) is 94.7 Å². The molecule has 1 aliphatic heterocycles. The van der Waals surface area contributed by atoms with Crippen LogP contribution in [0.5, 0.6) is 11.6 Å². The van der Waals surface area contributed by atoms with Crippen LogP contribution in [0.15, 0.2) is 66.9 Å². The minimum absolute atomic E-state index is 0.0853. The number of hydrogen-bond donors (Lipinski definition) is 1. The lowest BCUT2D eigenvalue weighted by Gasteiger charge is -2.30. The van der Waals surface area contributed by atoms with E-state index in [4.69, 9.17) is 29.9 Å². The van der Waals surface area contributed by atoms with E-state index < -0.39 is 17.6 Å². The molecule has 3 aromatic carbocycles. The molecule has 0 bridgehead atoms. The van der Waals surface area contributed by atoms with Crippen LogP contribution in [-0.4, -0.2) is 33.9 Å². The molecule has 0 spiro atoms. The van der Waals surface area contributed by atoms with Gasteiger partial charge in [0.25, 0.3) is 0 Å². The molecule has 0 saturated heterocycles. The van der Waals surface area contributed by atoms with E-state index in [0.717, 1.165) is 61.8 Å². The minimum Gasteiger partial charge on any atom is -0.493 e. The second kappa shape index (κ2) is 11.4. The number of ketones is 1. The van der Waals surface area contributed by atoms with Gasteiger partial charge in [0.1, 0.15) is 18.5 Å². The van der Waals surface area contributed by atoms with Gasteiger partial charge in [-0.2, -0.15) is 0 Å². The normalized spacial score (nSPS) is 13.5. The predicted octanol–water partition coefficient (Wildman–Crippen LogP) is 6.82. The summed E-state index contributed by atoms with van der Waals surface area (Å²) >= 11 is 0. The van der Waals surface area contributed by atoms with E-state index in [9.17, 15) is 9.59 Å². The van der Waals surface area contributed by atoms with Gasteiger partial charge in [-0.25, -0.2) is 4.98 Å².